The van der Waals surface area contributed by atoms with Crippen LogP contribution in [0.5, 0.6) is 5.75 Å². The average Bonchev–Trinajstić information content (AvgIpc) is 2.47. The summed E-state index contributed by atoms with van der Waals surface area (Å²) < 4.78 is 10.6. The van der Waals surface area contributed by atoms with Gasteiger partial charge in [0.2, 0.25) is 0 Å². The topological polar surface area (TPSA) is 61.5 Å². The minimum atomic E-state index is -0.436. The molecule has 1 aliphatic carbocycles. The Kier molecular flexibility index (Phi) is 3.52. The van der Waals surface area contributed by atoms with Gasteiger partial charge >= 0.3 is 5.97 Å². The fraction of sp³-hybridized carbons (Fsp3) is 0.235. The van der Waals surface area contributed by atoms with Crippen molar-refractivity contribution in [1.82, 2.24) is 0 Å². The number of fused-ring (bicyclic) bond motifs is 1. The van der Waals surface area contributed by atoms with Gasteiger partial charge in [-0.3, -0.25) is 0 Å². The van der Waals surface area contributed by atoms with Crippen molar-refractivity contribution in [1.29, 1.82) is 0 Å². The molecular weight excluding hydrogens is 266 g/mol. The van der Waals surface area contributed by atoms with Gasteiger partial charge < -0.3 is 15.2 Å². The van der Waals surface area contributed by atoms with Crippen molar-refractivity contribution in [2.24, 2.45) is 0 Å². The summed E-state index contributed by atoms with van der Waals surface area (Å²) in [5.74, 6) is 0.282. The monoisotopic (exact) mass is 283 g/mol. The van der Waals surface area contributed by atoms with E-state index in [0.29, 0.717) is 23.6 Å². The standard InChI is InChI=1S/C17H17NO3/c1-20-15-8-4-7-14(18)16(15)17(19)21-10-12-9-11-5-2-3-6-13(11)12/h2-8,12H,9-10,18H2,1H3. The van der Waals surface area contributed by atoms with Gasteiger partial charge in [0.15, 0.2) is 0 Å². The second-order valence-corrected chi connectivity index (χ2v) is 5.12. The van der Waals surface area contributed by atoms with E-state index in [1.54, 1.807) is 18.2 Å². The number of carbonyl (C=O) groups is 1. The van der Waals surface area contributed by atoms with Crippen molar-refractivity contribution < 1.29 is 14.3 Å². The maximum atomic E-state index is 12.2. The highest BCUT2D eigenvalue weighted by Crippen LogP contribution is 2.35. The van der Waals surface area contributed by atoms with Gasteiger partial charge in [-0.1, -0.05) is 30.3 Å². The van der Waals surface area contributed by atoms with Gasteiger partial charge in [0.05, 0.1) is 13.7 Å². The molecule has 3 rings (SSSR count). The number of hydrogen-bond donors (Lipinski definition) is 1. The molecule has 0 saturated heterocycles. The van der Waals surface area contributed by atoms with Gasteiger partial charge in [-0.15, -0.1) is 0 Å². The number of benzene rings is 2. The van der Waals surface area contributed by atoms with Crippen molar-refractivity contribution in [3.8, 4) is 5.75 Å². The molecule has 2 aromatic rings. The molecule has 21 heavy (non-hydrogen) atoms. The molecule has 2 N–H and O–H groups in total. The SMILES string of the molecule is COc1cccc(N)c1C(=O)OCC1Cc2ccccc21. The molecule has 0 bridgehead atoms. The summed E-state index contributed by atoms with van der Waals surface area (Å²) in [5.41, 5.74) is 9.11. The highest BCUT2D eigenvalue weighted by Gasteiger charge is 2.27. The molecule has 0 radical (unpaired) electrons. The van der Waals surface area contributed by atoms with E-state index in [1.165, 1.54) is 18.2 Å². The van der Waals surface area contributed by atoms with Crippen LogP contribution in [-0.4, -0.2) is 19.7 Å². The Bertz CT molecular complexity index is 681. The summed E-state index contributed by atoms with van der Waals surface area (Å²) in [4.78, 5) is 12.2. The summed E-state index contributed by atoms with van der Waals surface area (Å²) in [7, 11) is 1.51. The van der Waals surface area contributed by atoms with E-state index >= 15 is 0 Å². The second-order valence-electron chi connectivity index (χ2n) is 5.12. The lowest BCUT2D eigenvalue weighted by atomic mass is 9.78. The fourth-order valence-electron chi connectivity index (χ4n) is 2.70. The first-order valence-corrected chi connectivity index (χ1v) is 6.88. The minimum Gasteiger partial charge on any atom is -0.496 e. The van der Waals surface area contributed by atoms with Crippen LogP contribution in [-0.2, 0) is 11.2 Å². The minimum absolute atomic E-state index is 0.279. The van der Waals surface area contributed by atoms with E-state index in [1.807, 2.05) is 12.1 Å². The lowest BCUT2D eigenvalue weighted by molar-refractivity contribution is 0.0467. The van der Waals surface area contributed by atoms with Crippen LogP contribution in [0.2, 0.25) is 0 Å². The van der Waals surface area contributed by atoms with E-state index < -0.39 is 5.97 Å². The molecular formula is C17H17NO3. The van der Waals surface area contributed by atoms with Gasteiger partial charge in [0, 0.05) is 11.6 Å². The number of anilines is 1. The quantitative estimate of drug-likeness (QED) is 0.692. The number of methoxy groups -OCH3 is 1. The van der Waals surface area contributed by atoms with Crippen molar-refractivity contribution in [2.75, 3.05) is 19.5 Å². The van der Waals surface area contributed by atoms with Gasteiger partial charge in [-0.2, -0.15) is 0 Å². The number of ether oxygens (including phenoxy) is 2. The highest BCUT2D eigenvalue weighted by molar-refractivity contribution is 5.98. The molecule has 1 aliphatic rings. The molecule has 0 aromatic heterocycles. The number of nitrogens with two attached hydrogens (primary N) is 1. The maximum Gasteiger partial charge on any atom is 0.344 e. The molecule has 0 amide bonds. The highest BCUT2D eigenvalue weighted by atomic mass is 16.5. The Morgan fingerprint density at radius 1 is 1.24 bits per heavy atom. The van der Waals surface area contributed by atoms with Crippen LogP contribution in [0.4, 0.5) is 5.69 Å². The summed E-state index contributed by atoms with van der Waals surface area (Å²) in [6.07, 6.45) is 0.949. The van der Waals surface area contributed by atoms with Crippen molar-refractivity contribution >= 4 is 11.7 Å². The molecule has 0 heterocycles. The number of carbonyl (C=O) groups excluding carboxylic acids is 1. The first-order chi connectivity index (χ1) is 10.2. The van der Waals surface area contributed by atoms with Crippen LogP contribution in [0, 0.1) is 0 Å². The van der Waals surface area contributed by atoms with Crippen LogP contribution < -0.4 is 10.5 Å². The van der Waals surface area contributed by atoms with Gasteiger partial charge in [-0.05, 0) is 29.7 Å². The smallest absolute Gasteiger partial charge is 0.344 e. The zero-order chi connectivity index (χ0) is 14.8. The average molecular weight is 283 g/mol. The number of hydrogen-bond acceptors (Lipinski definition) is 4. The Morgan fingerprint density at radius 3 is 2.81 bits per heavy atom. The summed E-state index contributed by atoms with van der Waals surface area (Å²) in [6, 6.07) is 13.3. The van der Waals surface area contributed by atoms with Crippen LogP contribution in [0.1, 0.15) is 27.4 Å². The number of rotatable bonds is 4. The third-order valence-corrected chi connectivity index (χ3v) is 3.86. The molecule has 0 saturated carbocycles. The Balaban J connectivity index is 1.69. The zero-order valence-electron chi connectivity index (χ0n) is 11.8. The molecule has 1 atom stereocenters. The molecule has 4 heteroatoms. The van der Waals surface area contributed by atoms with E-state index in [9.17, 15) is 4.79 Å². The summed E-state index contributed by atoms with van der Waals surface area (Å²) in [6.45, 7) is 0.368. The van der Waals surface area contributed by atoms with Crippen LogP contribution in [0.3, 0.4) is 0 Å². The number of esters is 1. The molecule has 0 fully saturated rings. The third-order valence-electron chi connectivity index (χ3n) is 3.86. The van der Waals surface area contributed by atoms with E-state index in [0.717, 1.165) is 6.42 Å². The molecule has 4 nitrogen and oxygen atoms in total. The predicted molar refractivity (Wildman–Crippen MR) is 80.6 cm³/mol. The largest absolute Gasteiger partial charge is 0.496 e. The van der Waals surface area contributed by atoms with E-state index in [4.69, 9.17) is 15.2 Å². The predicted octanol–water partition coefficient (Wildman–Crippen LogP) is 2.77. The molecule has 2 aromatic carbocycles. The van der Waals surface area contributed by atoms with Gasteiger partial charge in [0.1, 0.15) is 11.3 Å². The lowest BCUT2D eigenvalue weighted by Gasteiger charge is -2.29. The van der Waals surface area contributed by atoms with E-state index in [-0.39, 0.29) is 5.92 Å². The molecule has 0 spiro atoms. The Morgan fingerprint density at radius 2 is 2.05 bits per heavy atom. The van der Waals surface area contributed by atoms with Crippen LogP contribution in [0.15, 0.2) is 42.5 Å². The lowest BCUT2D eigenvalue weighted by Crippen LogP contribution is -2.23. The maximum absolute atomic E-state index is 12.2. The molecule has 108 valence electrons. The van der Waals surface area contributed by atoms with Gasteiger partial charge in [-0.25, -0.2) is 4.79 Å². The summed E-state index contributed by atoms with van der Waals surface area (Å²) in [5, 5.41) is 0. The fourth-order valence-corrected chi connectivity index (χ4v) is 2.70. The zero-order valence-corrected chi connectivity index (χ0v) is 11.8. The molecule has 0 aliphatic heterocycles. The van der Waals surface area contributed by atoms with Crippen molar-refractivity contribution in [3.05, 3.63) is 59.2 Å². The second kappa shape index (κ2) is 5.48. The Hall–Kier alpha value is -2.49. The van der Waals surface area contributed by atoms with E-state index in [2.05, 4.69) is 12.1 Å². The van der Waals surface area contributed by atoms with Crippen LogP contribution in [0.25, 0.3) is 0 Å². The summed E-state index contributed by atoms with van der Waals surface area (Å²) >= 11 is 0. The molecule has 1 unspecified atom stereocenters. The van der Waals surface area contributed by atoms with Gasteiger partial charge in [0.25, 0.3) is 0 Å². The van der Waals surface area contributed by atoms with Crippen molar-refractivity contribution in [2.45, 2.75) is 12.3 Å². The van der Waals surface area contributed by atoms with Crippen molar-refractivity contribution in [3.63, 3.8) is 0 Å². The first kappa shape index (κ1) is 13.5. The number of nitrogen functional groups attached to an aromatic ring is 1. The van der Waals surface area contributed by atoms with Crippen LogP contribution >= 0.6 is 0 Å². The first-order valence-electron chi connectivity index (χ1n) is 6.88. The normalized spacial score (nSPS) is 15.8. The third kappa shape index (κ3) is 2.44. The Labute approximate surface area is 123 Å².